The Hall–Kier alpha value is -1.07. The summed E-state index contributed by atoms with van der Waals surface area (Å²) in [5.74, 6) is -0.175. The van der Waals surface area contributed by atoms with Gasteiger partial charge in [0.15, 0.2) is 6.29 Å². The summed E-state index contributed by atoms with van der Waals surface area (Å²) in [6.07, 6.45) is 32.5. The van der Waals surface area contributed by atoms with Crippen molar-refractivity contribution in [2.75, 3.05) is 13.2 Å². The van der Waals surface area contributed by atoms with Gasteiger partial charge in [0.1, 0.15) is 24.4 Å². The van der Waals surface area contributed by atoms with Crippen molar-refractivity contribution in [1.29, 1.82) is 0 Å². The average Bonchev–Trinajstić information content (AvgIpc) is 3.16. The van der Waals surface area contributed by atoms with E-state index in [1.54, 1.807) is 6.08 Å². The Kier molecular flexibility index (Phi) is 33.3. The lowest BCUT2D eigenvalue weighted by atomic mass is 9.99. The molecule has 0 radical (unpaired) electrons. The third-order valence-corrected chi connectivity index (χ3v) is 10.9. The number of ether oxygens (including phenoxy) is 2. The molecule has 314 valence electrons. The third-order valence-electron chi connectivity index (χ3n) is 10.9. The highest BCUT2D eigenvalue weighted by Gasteiger charge is 2.44. The molecule has 1 aliphatic heterocycles. The van der Waals surface area contributed by atoms with Crippen molar-refractivity contribution >= 4 is 5.91 Å². The van der Waals surface area contributed by atoms with Crippen LogP contribution in [-0.2, 0) is 14.3 Å². The summed E-state index contributed by atoms with van der Waals surface area (Å²) in [5.41, 5.74) is 0. The van der Waals surface area contributed by atoms with Crippen LogP contribution in [0.3, 0.4) is 0 Å². The zero-order chi connectivity index (χ0) is 38.8. The number of unbranched alkanes of at least 4 members (excludes halogenated alkanes) is 27. The molecule has 0 aromatic heterocycles. The molecule has 6 N–H and O–H groups in total. The zero-order valence-electron chi connectivity index (χ0n) is 34.3. The standard InChI is InChI=1S/C44H85NO8/c1-3-5-7-9-11-13-15-17-18-19-20-22-24-26-28-30-32-34-40(48)45-37(36-52-44-43(51)42(50)41(49)39(35-46)53-44)38(47)33-31-29-27-25-23-21-16-14-12-10-8-6-4-2/h31,33,37-39,41-44,46-47,49-51H,3-30,32,34-36H2,1-2H3,(H,45,48)/t37-,38+,39+,41+,42-,43+,44+/m0/s1. The van der Waals surface area contributed by atoms with Crippen molar-refractivity contribution in [3.8, 4) is 0 Å². The molecule has 0 saturated carbocycles. The molecule has 7 atom stereocenters. The highest BCUT2D eigenvalue weighted by Crippen LogP contribution is 2.23. The molecule has 0 spiro atoms. The minimum absolute atomic E-state index is 0.175. The second-order valence-electron chi connectivity index (χ2n) is 15.9. The molecule has 0 aromatic rings. The maximum atomic E-state index is 12.9. The number of rotatable bonds is 37. The number of hydrogen-bond acceptors (Lipinski definition) is 8. The van der Waals surface area contributed by atoms with Crippen molar-refractivity contribution < 1.29 is 39.8 Å². The number of hydrogen-bond donors (Lipinski definition) is 6. The lowest BCUT2D eigenvalue weighted by Gasteiger charge is -2.40. The van der Waals surface area contributed by atoms with Crippen molar-refractivity contribution in [3.05, 3.63) is 12.2 Å². The smallest absolute Gasteiger partial charge is 0.220 e. The van der Waals surface area contributed by atoms with Gasteiger partial charge in [-0.2, -0.15) is 0 Å². The van der Waals surface area contributed by atoms with E-state index in [-0.39, 0.29) is 12.5 Å². The molecule has 0 unspecified atom stereocenters. The average molecular weight is 756 g/mol. The van der Waals surface area contributed by atoms with Gasteiger partial charge in [0.05, 0.1) is 25.4 Å². The zero-order valence-corrected chi connectivity index (χ0v) is 34.3. The molecule has 0 bridgehead atoms. The van der Waals surface area contributed by atoms with Crippen LogP contribution in [0, 0.1) is 0 Å². The Labute approximate surface area is 325 Å². The second kappa shape index (κ2) is 35.4. The lowest BCUT2D eigenvalue weighted by molar-refractivity contribution is -0.302. The predicted octanol–water partition coefficient (Wildman–Crippen LogP) is 8.95. The molecule has 0 aromatic carbocycles. The van der Waals surface area contributed by atoms with Gasteiger partial charge in [-0.15, -0.1) is 0 Å². The predicted molar refractivity (Wildman–Crippen MR) is 217 cm³/mol. The summed E-state index contributed by atoms with van der Waals surface area (Å²) >= 11 is 0. The van der Waals surface area contributed by atoms with E-state index >= 15 is 0 Å². The highest BCUT2D eigenvalue weighted by atomic mass is 16.7. The van der Waals surface area contributed by atoms with Crippen molar-refractivity contribution in [2.24, 2.45) is 0 Å². The Morgan fingerprint density at radius 3 is 1.47 bits per heavy atom. The molecule has 1 fully saturated rings. The highest BCUT2D eigenvalue weighted by molar-refractivity contribution is 5.76. The van der Waals surface area contributed by atoms with E-state index in [4.69, 9.17) is 9.47 Å². The molecule has 1 rings (SSSR count). The van der Waals surface area contributed by atoms with E-state index in [0.717, 1.165) is 38.5 Å². The molecular formula is C44H85NO8. The lowest BCUT2D eigenvalue weighted by Crippen LogP contribution is -2.60. The molecule has 1 aliphatic rings. The van der Waals surface area contributed by atoms with Gasteiger partial charge in [0.2, 0.25) is 5.91 Å². The molecule has 53 heavy (non-hydrogen) atoms. The Balaban J connectivity index is 2.35. The minimum atomic E-state index is -1.56. The Bertz CT molecular complexity index is 842. The molecule has 9 nitrogen and oxygen atoms in total. The summed E-state index contributed by atoms with van der Waals surface area (Å²) < 4.78 is 11.2. The topological polar surface area (TPSA) is 149 Å². The van der Waals surface area contributed by atoms with Gasteiger partial charge >= 0.3 is 0 Å². The first-order chi connectivity index (χ1) is 25.8. The Morgan fingerprint density at radius 2 is 1.04 bits per heavy atom. The number of nitrogens with one attached hydrogen (secondary N) is 1. The van der Waals surface area contributed by atoms with Gasteiger partial charge in [-0.1, -0.05) is 193 Å². The SMILES string of the molecule is CCCCCCCCCCCCCC=C[C@@H](O)[C@H](CO[C@@H]1O[C@H](CO)[C@@H](O)[C@H](O)[C@H]1O)NC(=O)CCCCCCCCCCCCCCCCCCC. The first-order valence-corrected chi connectivity index (χ1v) is 22.4. The van der Waals surface area contributed by atoms with E-state index in [9.17, 15) is 30.3 Å². The number of carbonyl (C=O) groups is 1. The van der Waals surface area contributed by atoms with Crippen molar-refractivity contribution in [3.63, 3.8) is 0 Å². The Morgan fingerprint density at radius 1 is 0.623 bits per heavy atom. The van der Waals surface area contributed by atoms with Gasteiger partial charge in [0.25, 0.3) is 0 Å². The quantitative estimate of drug-likeness (QED) is 0.0272. The summed E-state index contributed by atoms with van der Waals surface area (Å²) in [5, 5.41) is 54.1. The fraction of sp³-hybridized carbons (Fsp3) is 0.932. The summed E-state index contributed by atoms with van der Waals surface area (Å²) in [7, 11) is 0. The van der Waals surface area contributed by atoms with Crippen LogP contribution in [0.15, 0.2) is 12.2 Å². The number of allylic oxidation sites excluding steroid dienone is 1. The molecule has 0 aliphatic carbocycles. The maximum absolute atomic E-state index is 12.9. The van der Waals surface area contributed by atoms with Crippen LogP contribution in [0.2, 0.25) is 0 Å². The van der Waals surface area contributed by atoms with Crippen LogP contribution < -0.4 is 5.32 Å². The van der Waals surface area contributed by atoms with E-state index in [1.807, 2.05) is 6.08 Å². The van der Waals surface area contributed by atoms with Crippen molar-refractivity contribution in [1.82, 2.24) is 5.32 Å². The molecule has 1 heterocycles. The van der Waals surface area contributed by atoms with E-state index in [1.165, 1.54) is 148 Å². The van der Waals surface area contributed by atoms with Crippen LogP contribution in [-0.4, -0.2) is 87.5 Å². The van der Waals surface area contributed by atoms with Gasteiger partial charge in [0, 0.05) is 6.42 Å². The third kappa shape index (κ3) is 26.4. The summed E-state index contributed by atoms with van der Waals surface area (Å²) in [4.78, 5) is 12.9. The molecule has 1 saturated heterocycles. The van der Waals surface area contributed by atoms with Gasteiger partial charge < -0.3 is 40.3 Å². The van der Waals surface area contributed by atoms with Crippen LogP contribution >= 0.6 is 0 Å². The molecule has 1 amide bonds. The van der Waals surface area contributed by atoms with Gasteiger partial charge in [-0.05, 0) is 19.3 Å². The summed E-state index contributed by atoms with van der Waals surface area (Å²) in [6.45, 7) is 3.77. The van der Waals surface area contributed by atoms with E-state index in [0.29, 0.717) is 6.42 Å². The number of carbonyl (C=O) groups excluding carboxylic acids is 1. The van der Waals surface area contributed by atoms with E-state index in [2.05, 4.69) is 19.2 Å². The monoisotopic (exact) mass is 756 g/mol. The normalized spacial score (nSPS) is 21.7. The number of aliphatic hydroxyl groups is 5. The first kappa shape index (κ1) is 49.9. The van der Waals surface area contributed by atoms with Crippen LogP contribution in [0.1, 0.15) is 206 Å². The second-order valence-corrected chi connectivity index (χ2v) is 15.9. The van der Waals surface area contributed by atoms with E-state index < -0.39 is 49.5 Å². The fourth-order valence-electron chi connectivity index (χ4n) is 7.21. The maximum Gasteiger partial charge on any atom is 0.220 e. The van der Waals surface area contributed by atoms with Gasteiger partial charge in [-0.25, -0.2) is 0 Å². The van der Waals surface area contributed by atoms with Crippen LogP contribution in [0.4, 0.5) is 0 Å². The van der Waals surface area contributed by atoms with Crippen molar-refractivity contribution in [2.45, 2.75) is 249 Å². The fourth-order valence-corrected chi connectivity index (χ4v) is 7.21. The largest absolute Gasteiger partial charge is 0.394 e. The summed E-state index contributed by atoms with van der Waals surface area (Å²) in [6, 6.07) is -0.797. The molecule has 9 heteroatoms. The number of aliphatic hydroxyl groups excluding tert-OH is 5. The van der Waals surface area contributed by atoms with Gasteiger partial charge in [-0.3, -0.25) is 4.79 Å². The molecular weight excluding hydrogens is 670 g/mol. The first-order valence-electron chi connectivity index (χ1n) is 22.4. The van der Waals surface area contributed by atoms with Crippen LogP contribution in [0.5, 0.6) is 0 Å². The van der Waals surface area contributed by atoms with Crippen LogP contribution in [0.25, 0.3) is 0 Å². The minimum Gasteiger partial charge on any atom is -0.394 e. The number of amides is 1.